The minimum Gasteiger partial charge on any atom is -0.382 e. The van der Waals surface area contributed by atoms with Gasteiger partial charge in [-0.1, -0.05) is 13.3 Å². The maximum absolute atomic E-state index is 5.51. The van der Waals surface area contributed by atoms with Gasteiger partial charge in [0, 0.05) is 39.5 Å². The van der Waals surface area contributed by atoms with Crippen molar-refractivity contribution in [3.05, 3.63) is 0 Å². The zero-order valence-electron chi connectivity index (χ0n) is 13.5. The van der Waals surface area contributed by atoms with Crippen LogP contribution in [0.25, 0.3) is 0 Å². The Morgan fingerprint density at radius 2 is 1.70 bits per heavy atom. The van der Waals surface area contributed by atoms with E-state index in [9.17, 15) is 0 Å². The summed E-state index contributed by atoms with van der Waals surface area (Å²) in [5, 5.41) is 6.52. The van der Waals surface area contributed by atoms with Crippen molar-refractivity contribution in [2.45, 2.75) is 46.5 Å². The quantitative estimate of drug-likeness (QED) is 0.310. The summed E-state index contributed by atoms with van der Waals surface area (Å²) < 4.78 is 10.8. The Kier molecular flexibility index (Phi) is 15.6. The van der Waals surface area contributed by atoms with Crippen LogP contribution < -0.4 is 10.6 Å². The molecule has 0 aliphatic rings. The van der Waals surface area contributed by atoms with Crippen molar-refractivity contribution in [3.63, 3.8) is 0 Å². The second-order valence-corrected chi connectivity index (χ2v) is 4.56. The highest BCUT2D eigenvalue weighted by Gasteiger charge is 1.96. The van der Waals surface area contributed by atoms with E-state index < -0.39 is 0 Å². The van der Waals surface area contributed by atoms with Crippen molar-refractivity contribution in [3.8, 4) is 0 Å². The summed E-state index contributed by atoms with van der Waals surface area (Å²) in [6, 6.07) is 0. The average molecular weight is 287 g/mol. The molecule has 0 radical (unpaired) electrons. The van der Waals surface area contributed by atoms with Gasteiger partial charge in [-0.2, -0.15) is 0 Å². The summed E-state index contributed by atoms with van der Waals surface area (Å²) in [4.78, 5) is 4.53. The zero-order chi connectivity index (χ0) is 14.9. The smallest absolute Gasteiger partial charge is 0.191 e. The molecule has 0 saturated carbocycles. The van der Waals surface area contributed by atoms with E-state index in [0.717, 1.165) is 71.3 Å². The second-order valence-electron chi connectivity index (χ2n) is 4.56. The van der Waals surface area contributed by atoms with E-state index in [4.69, 9.17) is 9.47 Å². The molecule has 0 aliphatic heterocycles. The van der Waals surface area contributed by atoms with Crippen LogP contribution >= 0.6 is 0 Å². The fourth-order valence-corrected chi connectivity index (χ4v) is 1.58. The summed E-state index contributed by atoms with van der Waals surface area (Å²) in [5.41, 5.74) is 0. The van der Waals surface area contributed by atoms with E-state index in [1.54, 1.807) is 0 Å². The predicted molar refractivity (Wildman–Crippen MR) is 85.4 cm³/mol. The second kappa shape index (κ2) is 16.2. The van der Waals surface area contributed by atoms with Gasteiger partial charge in [-0.25, -0.2) is 0 Å². The zero-order valence-corrected chi connectivity index (χ0v) is 13.5. The SMILES string of the molecule is CCCCOCCNC(=NCCCCOCC)NCC. The molecule has 0 spiro atoms. The van der Waals surface area contributed by atoms with Gasteiger partial charge in [0.2, 0.25) is 0 Å². The normalized spacial score (nSPS) is 11.7. The van der Waals surface area contributed by atoms with E-state index >= 15 is 0 Å². The average Bonchev–Trinajstić information content (AvgIpc) is 2.46. The molecule has 0 aliphatic carbocycles. The topological polar surface area (TPSA) is 54.9 Å². The summed E-state index contributed by atoms with van der Waals surface area (Å²) in [6.45, 7) is 12.0. The molecule has 0 fully saturated rings. The molecule has 0 bridgehead atoms. The highest BCUT2D eigenvalue weighted by atomic mass is 16.5. The highest BCUT2D eigenvalue weighted by molar-refractivity contribution is 5.79. The van der Waals surface area contributed by atoms with Crippen molar-refractivity contribution in [2.24, 2.45) is 4.99 Å². The highest BCUT2D eigenvalue weighted by Crippen LogP contribution is 1.91. The van der Waals surface area contributed by atoms with Gasteiger partial charge < -0.3 is 20.1 Å². The Hall–Kier alpha value is -0.810. The molecule has 0 rings (SSSR count). The van der Waals surface area contributed by atoms with Crippen LogP contribution in [-0.4, -0.2) is 52.0 Å². The first kappa shape index (κ1) is 19.2. The third kappa shape index (κ3) is 13.6. The van der Waals surface area contributed by atoms with E-state index in [0.29, 0.717) is 0 Å². The molecule has 0 aromatic heterocycles. The molecule has 5 nitrogen and oxygen atoms in total. The summed E-state index contributed by atoms with van der Waals surface area (Å²) in [7, 11) is 0. The molecule has 5 heteroatoms. The first-order valence-corrected chi connectivity index (χ1v) is 8.02. The molecule has 0 atom stereocenters. The van der Waals surface area contributed by atoms with E-state index in [2.05, 4.69) is 29.5 Å². The fraction of sp³-hybridized carbons (Fsp3) is 0.933. The van der Waals surface area contributed by atoms with Gasteiger partial charge in [0.25, 0.3) is 0 Å². The Balaban J connectivity index is 3.62. The van der Waals surface area contributed by atoms with Crippen LogP contribution in [0.3, 0.4) is 0 Å². The van der Waals surface area contributed by atoms with Gasteiger partial charge >= 0.3 is 0 Å². The van der Waals surface area contributed by atoms with Gasteiger partial charge in [0.1, 0.15) is 0 Å². The van der Waals surface area contributed by atoms with Crippen LogP contribution in [0.1, 0.15) is 46.5 Å². The van der Waals surface area contributed by atoms with Crippen LogP contribution in [-0.2, 0) is 9.47 Å². The minimum atomic E-state index is 0.731. The maximum Gasteiger partial charge on any atom is 0.191 e. The largest absolute Gasteiger partial charge is 0.382 e. The van der Waals surface area contributed by atoms with Gasteiger partial charge in [-0.15, -0.1) is 0 Å². The summed E-state index contributed by atoms with van der Waals surface area (Å²) >= 11 is 0. The number of guanidine groups is 1. The molecule has 20 heavy (non-hydrogen) atoms. The van der Waals surface area contributed by atoms with Crippen LogP contribution in [0.4, 0.5) is 0 Å². The molecule has 0 amide bonds. The molecule has 0 aromatic rings. The lowest BCUT2D eigenvalue weighted by Crippen LogP contribution is -2.39. The molecule has 0 aromatic carbocycles. The first-order chi connectivity index (χ1) is 9.85. The van der Waals surface area contributed by atoms with Gasteiger partial charge in [0.15, 0.2) is 5.96 Å². The number of nitrogens with zero attached hydrogens (tertiary/aromatic N) is 1. The summed E-state index contributed by atoms with van der Waals surface area (Å²) in [5.74, 6) is 0.878. The molecular weight excluding hydrogens is 254 g/mol. The number of unbranched alkanes of at least 4 members (excludes halogenated alkanes) is 2. The van der Waals surface area contributed by atoms with Crippen molar-refractivity contribution in [1.29, 1.82) is 0 Å². The third-order valence-corrected chi connectivity index (χ3v) is 2.70. The molecule has 0 unspecified atom stereocenters. The number of hydrogen-bond acceptors (Lipinski definition) is 3. The number of aliphatic imine (C=N–C) groups is 1. The number of hydrogen-bond donors (Lipinski definition) is 2. The van der Waals surface area contributed by atoms with Gasteiger partial charge in [0.05, 0.1) is 6.61 Å². The predicted octanol–water partition coefficient (Wildman–Crippen LogP) is 2.17. The Bertz CT molecular complexity index is 223. The first-order valence-electron chi connectivity index (χ1n) is 8.02. The molecular formula is C15H33N3O2. The molecule has 2 N–H and O–H groups in total. The fourth-order valence-electron chi connectivity index (χ4n) is 1.58. The Morgan fingerprint density at radius 1 is 0.900 bits per heavy atom. The van der Waals surface area contributed by atoms with Crippen molar-refractivity contribution >= 4 is 5.96 Å². The Morgan fingerprint density at radius 3 is 2.40 bits per heavy atom. The monoisotopic (exact) mass is 287 g/mol. The third-order valence-electron chi connectivity index (χ3n) is 2.70. The molecule has 0 saturated heterocycles. The molecule has 0 heterocycles. The van der Waals surface area contributed by atoms with E-state index in [-0.39, 0.29) is 0 Å². The van der Waals surface area contributed by atoms with Crippen LogP contribution in [0.15, 0.2) is 4.99 Å². The molecule has 120 valence electrons. The van der Waals surface area contributed by atoms with Crippen molar-refractivity contribution < 1.29 is 9.47 Å². The van der Waals surface area contributed by atoms with Crippen molar-refractivity contribution in [2.75, 3.05) is 46.1 Å². The summed E-state index contributed by atoms with van der Waals surface area (Å²) in [6.07, 6.45) is 4.44. The lowest BCUT2D eigenvalue weighted by Gasteiger charge is -2.11. The van der Waals surface area contributed by atoms with Crippen LogP contribution in [0, 0.1) is 0 Å². The lowest BCUT2D eigenvalue weighted by molar-refractivity contribution is 0.136. The lowest BCUT2D eigenvalue weighted by atomic mass is 10.3. The van der Waals surface area contributed by atoms with E-state index in [1.165, 1.54) is 6.42 Å². The van der Waals surface area contributed by atoms with E-state index in [1.807, 2.05) is 6.92 Å². The number of nitrogens with one attached hydrogen (secondary N) is 2. The minimum absolute atomic E-state index is 0.731. The van der Waals surface area contributed by atoms with Gasteiger partial charge in [-0.05, 0) is 33.1 Å². The standard InChI is InChI=1S/C15H33N3O2/c1-4-7-12-20-14-11-18-15(16-5-2)17-10-8-9-13-19-6-3/h4-14H2,1-3H3,(H2,16,17,18). The Labute approximate surface area is 124 Å². The number of ether oxygens (including phenoxy) is 2. The maximum atomic E-state index is 5.51. The van der Waals surface area contributed by atoms with Crippen LogP contribution in [0.5, 0.6) is 0 Å². The number of rotatable bonds is 13. The van der Waals surface area contributed by atoms with Crippen molar-refractivity contribution in [1.82, 2.24) is 10.6 Å². The van der Waals surface area contributed by atoms with Crippen LogP contribution in [0.2, 0.25) is 0 Å². The van der Waals surface area contributed by atoms with Gasteiger partial charge in [-0.3, -0.25) is 4.99 Å².